The lowest BCUT2D eigenvalue weighted by Crippen LogP contribution is -2.46. The normalized spacial score (nSPS) is 33.2. The maximum Gasteiger partial charge on any atom is 0.0789 e. The Hall–Kier alpha value is -0.120. The number of piperidine rings is 1. The van der Waals surface area contributed by atoms with Gasteiger partial charge in [-0.25, -0.2) is 0 Å². The van der Waals surface area contributed by atoms with E-state index in [0.29, 0.717) is 12.6 Å². The van der Waals surface area contributed by atoms with Crippen molar-refractivity contribution < 1.29 is 5.11 Å². The van der Waals surface area contributed by atoms with E-state index in [2.05, 4.69) is 18.7 Å². The minimum Gasteiger partial charge on any atom is -0.390 e. The SMILES string of the molecule is CC1CCC(C)N(C[C@H](O)CN)C1. The largest absolute Gasteiger partial charge is 0.390 e. The molecule has 1 aliphatic heterocycles. The predicted molar refractivity (Wildman–Crippen MR) is 54.5 cm³/mol. The molecule has 0 radical (unpaired) electrons. The quantitative estimate of drug-likeness (QED) is 0.672. The molecule has 0 aromatic heterocycles. The molecule has 3 nitrogen and oxygen atoms in total. The summed E-state index contributed by atoms with van der Waals surface area (Å²) in [5.41, 5.74) is 5.39. The molecular formula is C10H22N2O. The van der Waals surface area contributed by atoms with E-state index in [9.17, 15) is 5.11 Å². The summed E-state index contributed by atoms with van der Waals surface area (Å²) in [5.74, 6) is 0.765. The second-order valence-corrected chi connectivity index (χ2v) is 4.37. The molecule has 1 fully saturated rings. The maximum atomic E-state index is 9.45. The van der Waals surface area contributed by atoms with E-state index in [1.807, 2.05) is 0 Å². The van der Waals surface area contributed by atoms with E-state index >= 15 is 0 Å². The number of aliphatic hydroxyl groups excluding tert-OH is 1. The number of nitrogens with two attached hydrogens (primary N) is 1. The number of likely N-dealkylation sites (tertiary alicyclic amines) is 1. The lowest BCUT2D eigenvalue weighted by atomic mass is 9.95. The number of β-amino-alcohol motifs (C(OH)–C–C–N with tert-alkyl or cyclic N) is 1. The minimum absolute atomic E-state index is 0.354. The van der Waals surface area contributed by atoms with Crippen molar-refractivity contribution in [3.8, 4) is 0 Å². The van der Waals surface area contributed by atoms with Gasteiger partial charge in [0, 0.05) is 25.7 Å². The molecule has 0 saturated carbocycles. The average molecular weight is 186 g/mol. The number of rotatable bonds is 3. The Morgan fingerprint density at radius 2 is 2.15 bits per heavy atom. The first-order chi connectivity index (χ1) is 6.13. The summed E-state index contributed by atoms with van der Waals surface area (Å²) >= 11 is 0. The van der Waals surface area contributed by atoms with Gasteiger partial charge in [0.25, 0.3) is 0 Å². The minimum atomic E-state index is -0.354. The molecule has 2 unspecified atom stereocenters. The molecule has 1 aliphatic rings. The molecule has 1 heterocycles. The van der Waals surface area contributed by atoms with E-state index in [1.54, 1.807) is 0 Å². The van der Waals surface area contributed by atoms with Crippen LogP contribution in [0.3, 0.4) is 0 Å². The number of nitrogens with zero attached hydrogens (tertiary/aromatic N) is 1. The van der Waals surface area contributed by atoms with Crippen molar-refractivity contribution in [3.05, 3.63) is 0 Å². The molecule has 0 aromatic rings. The number of hydrogen-bond donors (Lipinski definition) is 2. The zero-order valence-electron chi connectivity index (χ0n) is 8.74. The molecule has 1 rings (SSSR count). The molecule has 3 heteroatoms. The van der Waals surface area contributed by atoms with Crippen molar-refractivity contribution in [3.63, 3.8) is 0 Å². The van der Waals surface area contributed by atoms with Crippen LogP contribution in [-0.4, -0.2) is 41.8 Å². The van der Waals surface area contributed by atoms with Crippen molar-refractivity contribution in [1.82, 2.24) is 4.90 Å². The fourth-order valence-corrected chi connectivity index (χ4v) is 1.98. The Balaban J connectivity index is 2.37. The van der Waals surface area contributed by atoms with Crippen molar-refractivity contribution in [1.29, 1.82) is 0 Å². The van der Waals surface area contributed by atoms with Gasteiger partial charge in [-0.15, -0.1) is 0 Å². The van der Waals surface area contributed by atoms with Gasteiger partial charge in [0.1, 0.15) is 0 Å². The van der Waals surface area contributed by atoms with Gasteiger partial charge in [0.15, 0.2) is 0 Å². The van der Waals surface area contributed by atoms with Gasteiger partial charge in [-0.1, -0.05) is 6.92 Å². The zero-order valence-corrected chi connectivity index (χ0v) is 8.74. The summed E-state index contributed by atoms with van der Waals surface area (Å²) in [6.07, 6.45) is 2.21. The highest BCUT2D eigenvalue weighted by Crippen LogP contribution is 2.21. The van der Waals surface area contributed by atoms with E-state index < -0.39 is 0 Å². The number of hydrogen-bond acceptors (Lipinski definition) is 3. The fourth-order valence-electron chi connectivity index (χ4n) is 1.98. The molecular weight excluding hydrogens is 164 g/mol. The second-order valence-electron chi connectivity index (χ2n) is 4.37. The highest BCUT2D eigenvalue weighted by molar-refractivity contribution is 4.78. The van der Waals surface area contributed by atoms with Crippen LogP contribution in [0.5, 0.6) is 0 Å². The van der Waals surface area contributed by atoms with Crippen LogP contribution in [0, 0.1) is 5.92 Å². The highest BCUT2D eigenvalue weighted by atomic mass is 16.3. The molecule has 78 valence electrons. The zero-order chi connectivity index (χ0) is 9.84. The average Bonchev–Trinajstić information content (AvgIpc) is 2.11. The molecule has 0 aliphatic carbocycles. The summed E-state index contributed by atoms with van der Waals surface area (Å²) in [6.45, 7) is 6.72. The van der Waals surface area contributed by atoms with Gasteiger partial charge < -0.3 is 10.8 Å². The van der Waals surface area contributed by atoms with Gasteiger partial charge in [-0.3, -0.25) is 4.90 Å². The Morgan fingerprint density at radius 3 is 2.77 bits per heavy atom. The van der Waals surface area contributed by atoms with Crippen LogP contribution in [0.15, 0.2) is 0 Å². The lowest BCUT2D eigenvalue weighted by Gasteiger charge is -2.37. The Labute approximate surface area is 80.9 Å². The first-order valence-electron chi connectivity index (χ1n) is 5.25. The van der Waals surface area contributed by atoms with Crippen LogP contribution < -0.4 is 5.73 Å². The standard InChI is InChI=1S/C10H22N2O/c1-8-3-4-9(2)12(6-8)7-10(13)5-11/h8-10,13H,3-7,11H2,1-2H3/t8?,9?,10-/m1/s1. The van der Waals surface area contributed by atoms with Crippen molar-refractivity contribution in [2.24, 2.45) is 11.7 Å². The van der Waals surface area contributed by atoms with Crippen LogP contribution in [0.4, 0.5) is 0 Å². The molecule has 3 N–H and O–H groups in total. The van der Waals surface area contributed by atoms with Crippen LogP contribution in [0.25, 0.3) is 0 Å². The van der Waals surface area contributed by atoms with E-state index in [1.165, 1.54) is 12.8 Å². The molecule has 0 spiro atoms. The van der Waals surface area contributed by atoms with Crippen molar-refractivity contribution in [2.45, 2.75) is 38.8 Å². The van der Waals surface area contributed by atoms with Crippen molar-refractivity contribution in [2.75, 3.05) is 19.6 Å². The summed E-state index contributed by atoms with van der Waals surface area (Å²) < 4.78 is 0. The summed E-state index contributed by atoms with van der Waals surface area (Å²) in [6, 6.07) is 0.609. The van der Waals surface area contributed by atoms with Gasteiger partial charge in [0.05, 0.1) is 6.10 Å². The predicted octanol–water partition coefficient (Wildman–Crippen LogP) is 0.426. The van der Waals surface area contributed by atoms with E-state index in [0.717, 1.165) is 19.0 Å². The Bertz CT molecular complexity index is 152. The van der Waals surface area contributed by atoms with Crippen molar-refractivity contribution >= 4 is 0 Å². The monoisotopic (exact) mass is 186 g/mol. The fraction of sp³-hybridized carbons (Fsp3) is 1.00. The molecule has 0 amide bonds. The molecule has 1 saturated heterocycles. The topological polar surface area (TPSA) is 49.5 Å². The second kappa shape index (κ2) is 4.94. The number of aliphatic hydroxyl groups is 1. The molecule has 0 aromatic carbocycles. The summed E-state index contributed by atoms with van der Waals surface area (Å²) in [4.78, 5) is 2.35. The molecule has 13 heavy (non-hydrogen) atoms. The van der Waals surface area contributed by atoms with Gasteiger partial charge in [0.2, 0.25) is 0 Å². The third kappa shape index (κ3) is 3.25. The highest BCUT2D eigenvalue weighted by Gasteiger charge is 2.23. The van der Waals surface area contributed by atoms with Crippen LogP contribution in [-0.2, 0) is 0 Å². The van der Waals surface area contributed by atoms with Crippen LogP contribution >= 0.6 is 0 Å². The van der Waals surface area contributed by atoms with Gasteiger partial charge in [-0.2, -0.15) is 0 Å². The van der Waals surface area contributed by atoms with Crippen LogP contribution in [0.2, 0.25) is 0 Å². The Morgan fingerprint density at radius 1 is 1.46 bits per heavy atom. The van der Waals surface area contributed by atoms with Gasteiger partial charge in [-0.05, 0) is 25.7 Å². The lowest BCUT2D eigenvalue weighted by molar-refractivity contribution is 0.0610. The smallest absolute Gasteiger partial charge is 0.0789 e. The third-order valence-corrected chi connectivity index (χ3v) is 2.96. The summed E-state index contributed by atoms with van der Waals surface area (Å²) in [7, 11) is 0. The summed E-state index contributed by atoms with van der Waals surface area (Å²) in [5, 5.41) is 9.45. The molecule has 0 bridgehead atoms. The first kappa shape index (κ1) is 11.0. The van der Waals surface area contributed by atoms with E-state index in [4.69, 9.17) is 5.73 Å². The maximum absolute atomic E-state index is 9.45. The Kier molecular flexibility index (Phi) is 4.16. The molecule has 3 atom stereocenters. The third-order valence-electron chi connectivity index (χ3n) is 2.96. The van der Waals surface area contributed by atoms with E-state index in [-0.39, 0.29) is 6.10 Å². The van der Waals surface area contributed by atoms with Crippen LogP contribution in [0.1, 0.15) is 26.7 Å². The first-order valence-corrected chi connectivity index (χ1v) is 5.25. The van der Waals surface area contributed by atoms with Gasteiger partial charge >= 0.3 is 0 Å².